The summed E-state index contributed by atoms with van der Waals surface area (Å²) in [6.45, 7) is 1.53. The predicted molar refractivity (Wildman–Crippen MR) is 164 cm³/mol. The lowest BCUT2D eigenvalue weighted by Gasteiger charge is -2.15. The fourth-order valence-corrected chi connectivity index (χ4v) is 4.88. The smallest absolute Gasteiger partial charge is 0.248 e. The largest absolute Gasteiger partial charge is 0.506 e. The summed E-state index contributed by atoms with van der Waals surface area (Å²) in [7, 11) is 1.67. The first-order valence-corrected chi connectivity index (χ1v) is 13.5. The number of anilines is 2. The van der Waals surface area contributed by atoms with Crippen LogP contribution in [0.5, 0.6) is 11.5 Å². The van der Waals surface area contributed by atoms with Crippen molar-refractivity contribution in [1.82, 2.24) is 10.3 Å². The summed E-state index contributed by atoms with van der Waals surface area (Å²) >= 11 is 0. The van der Waals surface area contributed by atoms with Crippen LogP contribution in [0.15, 0.2) is 95.8 Å². The molecule has 0 radical (unpaired) electrons. The first-order valence-electron chi connectivity index (χ1n) is 13.5. The fraction of sp³-hybridized carbons (Fsp3) is 0.182. The maximum Gasteiger partial charge on any atom is 0.248 e. The van der Waals surface area contributed by atoms with E-state index in [1.54, 1.807) is 19.2 Å². The SMILES string of the molecule is COc1ccc(Nc2ccc(CCNC[C@H](O)c3ccc(O)c4[nH]c(=O)ccc34)cc2)cc1-c1ccc(CN)cc1. The molecule has 5 rings (SSSR count). The van der Waals surface area contributed by atoms with Crippen LogP contribution in [0.4, 0.5) is 11.4 Å². The Kier molecular flexibility index (Phi) is 8.64. The predicted octanol–water partition coefficient (Wildman–Crippen LogP) is 4.98. The average Bonchev–Trinajstić information content (AvgIpc) is 3.00. The quantitative estimate of drug-likeness (QED) is 0.128. The number of aliphatic hydroxyl groups excluding tert-OH is 1. The third-order valence-corrected chi connectivity index (χ3v) is 7.14. The maximum absolute atomic E-state index is 11.6. The Hall–Kier alpha value is -4.63. The van der Waals surface area contributed by atoms with Gasteiger partial charge in [0.1, 0.15) is 11.5 Å². The number of rotatable bonds is 11. The zero-order chi connectivity index (χ0) is 28.8. The van der Waals surface area contributed by atoms with Crippen LogP contribution in [0.1, 0.15) is 22.8 Å². The molecule has 1 atom stereocenters. The molecule has 0 amide bonds. The molecule has 0 fully saturated rings. The molecule has 7 N–H and O–H groups in total. The van der Waals surface area contributed by atoms with Crippen molar-refractivity contribution in [3.8, 4) is 22.6 Å². The first kappa shape index (κ1) is 27.9. The van der Waals surface area contributed by atoms with E-state index in [1.807, 2.05) is 36.4 Å². The summed E-state index contributed by atoms with van der Waals surface area (Å²) in [5.74, 6) is 0.780. The molecule has 210 valence electrons. The minimum Gasteiger partial charge on any atom is -0.506 e. The van der Waals surface area contributed by atoms with Crippen molar-refractivity contribution in [2.24, 2.45) is 5.73 Å². The Morgan fingerprint density at radius 3 is 2.37 bits per heavy atom. The molecule has 1 heterocycles. The highest BCUT2D eigenvalue weighted by Crippen LogP contribution is 2.34. The molecule has 4 aromatic carbocycles. The van der Waals surface area contributed by atoms with Crippen LogP contribution in [-0.4, -0.2) is 35.4 Å². The average molecular weight is 551 g/mol. The summed E-state index contributed by atoms with van der Waals surface area (Å²) in [6, 6.07) is 28.6. The summed E-state index contributed by atoms with van der Waals surface area (Å²) in [5.41, 5.74) is 12.7. The molecular formula is C33H34N4O4. The van der Waals surface area contributed by atoms with Crippen molar-refractivity contribution in [2.75, 3.05) is 25.5 Å². The van der Waals surface area contributed by atoms with Crippen LogP contribution in [-0.2, 0) is 13.0 Å². The van der Waals surface area contributed by atoms with Crippen LogP contribution >= 0.6 is 0 Å². The first-order chi connectivity index (χ1) is 19.9. The van der Waals surface area contributed by atoms with Gasteiger partial charge >= 0.3 is 0 Å². The van der Waals surface area contributed by atoms with E-state index in [1.165, 1.54) is 17.7 Å². The third-order valence-electron chi connectivity index (χ3n) is 7.14. The monoisotopic (exact) mass is 550 g/mol. The number of aromatic nitrogens is 1. The van der Waals surface area contributed by atoms with Crippen LogP contribution < -0.4 is 26.7 Å². The Bertz CT molecular complexity index is 1680. The Balaban J connectivity index is 1.17. The van der Waals surface area contributed by atoms with Gasteiger partial charge in [0.05, 0.1) is 18.7 Å². The van der Waals surface area contributed by atoms with Crippen molar-refractivity contribution < 1.29 is 14.9 Å². The molecular weight excluding hydrogens is 516 g/mol. The topological polar surface area (TPSA) is 133 Å². The lowest BCUT2D eigenvalue weighted by atomic mass is 10.0. The van der Waals surface area contributed by atoms with Gasteiger partial charge in [-0.05, 0) is 77.7 Å². The number of methoxy groups -OCH3 is 1. The zero-order valence-electron chi connectivity index (χ0n) is 22.9. The van der Waals surface area contributed by atoms with Gasteiger partial charge in [0.15, 0.2) is 0 Å². The Morgan fingerprint density at radius 1 is 0.902 bits per heavy atom. The van der Waals surface area contributed by atoms with Gasteiger partial charge in [-0.2, -0.15) is 0 Å². The van der Waals surface area contributed by atoms with Gasteiger partial charge in [0.25, 0.3) is 0 Å². The number of phenolic OH excluding ortho intramolecular Hbond substituents is 1. The highest BCUT2D eigenvalue weighted by atomic mass is 16.5. The van der Waals surface area contributed by atoms with Gasteiger partial charge in [0, 0.05) is 41.5 Å². The second-order valence-corrected chi connectivity index (χ2v) is 9.89. The number of aromatic amines is 1. The van der Waals surface area contributed by atoms with E-state index in [-0.39, 0.29) is 11.3 Å². The fourth-order valence-electron chi connectivity index (χ4n) is 4.88. The third kappa shape index (κ3) is 6.58. The lowest BCUT2D eigenvalue weighted by Crippen LogP contribution is -2.24. The van der Waals surface area contributed by atoms with E-state index >= 15 is 0 Å². The number of hydrogen-bond donors (Lipinski definition) is 6. The van der Waals surface area contributed by atoms with Gasteiger partial charge in [-0.3, -0.25) is 4.79 Å². The number of ether oxygens (including phenoxy) is 1. The van der Waals surface area contributed by atoms with E-state index in [2.05, 4.69) is 45.9 Å². The van der Waals surface area contributed by atoms with Gasteiger partial charge < -0.3 is 36.3 Å². The second kappa shape index (κ2) is 12.7. The molecule has 0 saturated heterocycles. The molecule has 0 aliphatic carbocycles. The van der Waals surface area contributed by atoms with Gasteiger partial charge in [-0.15, -0.1) is 0 Å². The molecule has 0 spiro atoms. The molecule has 0 aliphatic heterocycles. The molecule has 5 aromatic rings. The van der Waals surface area contributed by atoms with E-state index in [0.29, 0.717) is 36.1 Å². The molecule has 41 heavy (non-hydrogen) atoms. The van der Waals surface area contributed by atoms with Crippen molar-refractivity contribution in [3.05, 3.63) is 118 Å². The van der Waals surface area contributed by atoms with Gasteiger partial charge in [-0.25, -0.2) is 0 Å². The van der Waals surface area contributed by atoms with E-state index in [0.717, 1.165) is 40.2 Å². The molecule has 0 saturated carbocycles. The maximum atomic E-state index is 11.6. The number of pyridine rings is 1. The van der Waals surface area contributed by atoms with Crippen molar-refractivity contribution in [2.45, 2.75) is 19.1 Å². The normalized spacial score (nSPS) is 11.9. The Labute approximate surface area is 238 Å². The Morgan fingerprint density at radius 2 is 1.63 bits per heavy atom. The van der Waals surface area contributed by atoms with Crippen molar-refractivity contribution >= 4 is 22.3 Å². The zero-order valence-corrected chi connectivity index (χ0v) is 22.9. The number of aromatic hydroxyl groups is 1. The molecule has 0 unspecified atom stereocenters. The van der Waals surface area contributed by atoms with Crippen molar-refractivity contribution in [1.29, 1.82) is 0 Å². The van der Waals surface area contributed by atoms with E-state index < -0.39 is 6.10 Å². The van der Waals surface area contributed by atoms with Gasteiger partial charge in [-0.1, -0.05) is 42.5 Å². The summed E-state index contributed by atoms with van der Waals surface area (Å²) in [4.78, 5) is 14.3. The minimum absolute atomic E-state index is 0.0235. The standard InChI is InChI=1S/C33H34N4O4/c1-41-31-14-10-25(18-28(31)23-6-2-22(19-34)3-7-23)36-24-8-4-21(5-9-24)16-17-35-20-30(39)26-11-13-29(38)33-27(26)12-15-32(40)37-33/h2-15,18,30,35-36,38-39H,16-17,19-20,34H2,1H3,(H,37,40)/t30-/m0/s1. The van der Waals surface area contributed by atoms with Crippen LogP contribution in [0.3, 0.4) is 0 Å². The molecule has 0 bridgehead atoms. The van der Waals surface area contributed by atoms with E-state index in [9.17, 15) is 15.0 Å². The number of aliphatic hydroxyl groups is 1. The summed E-state index contributed by atoms with van der Waals surface area (Å²) in [6.07, 6.45) is 0.00541. The highest BCUT2D eigenvalue weighted by molar-refractivity contribution is 5.87. The van der Waals surface area contributed by atoms with Gasteiger partial charge in [0.2, 0.25) is 5.56 Å². The number of hydrogen-bond acceptors (Lipinski definition) is 7. The number of phenols is 1. The number of nitrogens with one attached hydrogen (secondary N) is 3. The highest BCUT2D eigenvalue weighted by Gasteiger charge is 2.14. The van der Waals surface area contributed by atoms with Crippen LogP contribution in [0, 0.1) is 0 Å². The lowest BCUT2D eigenvalue weighted by molar-refractivity contribution is 0.176. The van der Waals surface area contributed by atoms with E-state index in [4.69, 9.17) is 10.5 Å². The second-order valence-electron chi connectivity index (χ2n) is 9.89. The molecule has 1 aromatic heterocycles. The molecule has 8 heteroatoms. The van der Waals surface area contributed by atoms with Crippen molar-refractivity contribution in [3.63, 3.8) is 0 Å². The number of fused-ring (bicyclic) bond motifs is 1. The summed E-state index contributed by atoms with van der Waals surface area (Å²) in [5, 5.41) is 28.2. The number of nitrogens with two attached hydrogens (primary N) is 1. The number of H-pyrrole nitrogens is 1. The minimum atomic E-state index is -0.788. The number of benzene rings is 4. The molecule has 0 aliphatic rings. The summed E-state index contributed by atoms with van der Waals surface area (Å²) < 4.78 is 5.59. The molecule has 8 nitrogen and oxygen atoms in total. The van der Waals surface area contributed by atoms with Crippen LogP contribution in [0.2, 0.25) is 0 Å². The van der Waals surface area contributed by atoms with Crippen LogP contribution in [0.25, 0.3) is 22.0 Å².